The van der Waals surface area contributed by atoms with Crippen molar-refractivity contribution < 1.29 is 9.53 Å². The van der Waals surface area contributed by atoms with Crippen molar-refractivity contribution in [2.24, 2.45) is 5.92 Å². The minimum Gasteiger partial charge on any atom is -0.464 e. The van der Waals surface area contributed by atoms with E-state index in [1.165, 1.54) is 11.1 Å². The van der Waals surface area contributed by atoms with Gasteiger partial charge in [-0.25, -0.2) is 4.79 Å². The van der Waals surface area contributed by atoms with Gasteiger partial charge in [0, 0.05) is 22.9 Å². The molecule has 26 heavy (non-hydrogen) atoms. The number of nitrogens with one attached hydrogen (secondary N) is 2. The van der Waals surface area contributed by atoms with E-state index < -0.39 is 0 Å². The topological polar surface area (TPSA) is 50.4 Å². The van der Waals surface area contributed by atoms with E-state index in [0.29, 0.717) is 6.61 Å². The zero-order valence-electron chi connectivity index (χ0n) is 15.6. The monoisotopic (exact) mass is 350 g/mol. The second-order valence-electron chi connectivity index (χ2n) is 7.43. The lowest BCUT2D eigenvalue weighted by Crippen LogP contribution is -2.62. The predicted molar refractivity (Wildman–Crippen MR) is 104 cm³/mol. The van der Waals surface area contributed by atoms with Crippen LogP contribution in [0.3, 0.4) is 0 Å². The maximum atomic E-state index is 12.7. The van der Waals surface area contributed by atoms with E-state index in [1.54, 1.807) is 0 Å². The van der Waals surface area contributed by atoms with Crippen LogP contribution in [0.2, 0.25) is 0 Å². The molecule has 1 aliphatic carbocycles. The Morgan fingerprint density at radius 1 is 1.19 bits per heavy atom. The maximum Gasteiger partial charge on any atom is 0.328 e. The molecule has 0 spiro atoms. The molecule has 0 saturated heterocycles. The van der Waals surface area contributed by atoms with Crippen LogP contribution in [0.1, 0.15) is 36.5 Å². The number of rotatable bonds is 4. The molecule has 1 heterocycles. The number of esters is 1. The van der Waals surface area contributed by atoms with E-state index in [1.807, 2.05) is 6.92 Å². The second kappa shape index (κ2) is 6.35. The highest BCUT2D eigenvalue weighted by Crippen LogP contribution is 2.56. The molecule has 1 saturated carbocycles. The fraction of sp³-hybridized carbons (Fsp3) is 0.409. The first-order chi connectivity index (χ1) is 12.6. The zero-order valence-corrected chi connectivity index (χ0v) is 15.6. The molecule has 136 valence electrons. The summed E-state index contributed by atoms with van der Waals surface area (Å²) in [6.07, 6.45) is 2.02. The number of hydrogen-bond donors (Lipinski definition) is 2. The van der Waals surface area contributed by atoms with Crippen molar-refractivity contribution in [1.82, 2.24) is 0 Å². The molecule has 0 unspecified atom stereocenters. The van der Waals surface area contributed by atoms with E-state index in [4.69, 9.17) is 4.74 Å². The van der Waals surface area contributed by atoms with Crippen molar-refractivity contribution in [3.63, 3.8) is 0 Å². The van der Waals surface area contributed by atoms with Gasteiger partial charge >= 0.3 is 5.97 Å². The van der Waals surface area contributed by atoms with Crippen LogP contribution in [-0.4, -0.2) is 18.6 Å². The van der Waals surface area contributed by atoms with Gasteiger partial charge in [-0.1, -0.05) is 36.4 Å². The van der Waals surface area contributed by atoms with Crippen LogP contribution in [0.4, 0.5) is 11.4 Å². The van der Waals surface area contributed by atoms with Gasteiger partial charge < -0.3 is 15.4 Å². The number of benzene rings is 2. The number of fused-ring (bicyclic) bond motifs is 3. The van der Waals surface area contributed by atoms with Gasteiger partial charge in [0.25, 0.3) is 0 Å². The Balaban J connectivity index is 1.80. The molecule has 2 aliphatic rings. The summed E-state index contributed by atoms with van der Waals surface area (Å²) in [6, 6.07) is 14.4. The van der Waals surface area contributed by atoms with Crippen LogP contribution in [0.5, 0.6) is 0 Å². The summed E-state index contributed by atoms with van der Waals surface area (Å²) in [7, 11) is 0. The van der Waals surface area contributed by atoms with Crippen molar-refractivity contribution in [1.29, 1.82) is 0 Å². The lowest BCUT2D eigenvalue weighted by molar-refractivity contribution is -0.147. The Morgan fingerprint density at radius 2 is 1.96 bits per heavy atom. The number of hydrogen-bond acceptors (Lipinski definition) is 4. The summed E-state index contributed by atoms with van der Waals surface area (Å²) in [5, 5.41) is 7.32. The highest BCUT2D eigenvalue weighted by atomic mass is 16.5. The summed E-state index contributed by atoms with van der Waals surface area (Å²) in [5.41, 5.74) is 5.62. The molecule has 0 radical (unpaired) electrons. The minimum absolute atomic E-state index is 0.151. The first-order valence-electron chi connectivity index (χ1n) is 9.44. The number of para-hydroxylation sites is 2. The first kappa shape index (κ1) is 17.0. The van der Waals surface area contributed by atoms with Gasteiger partial charge in [-0.3, -0.25) is 0 Å². The Morgan fingerprint density at radius 3 is 2.65 bits per heavy atom. The molecule has 2 aromatic rings. The van der Waals surface area contributed by atoms with E-state index in [-0.39, 0.29) is 23.5 Å². The molecule has 3 atom stereocenters. The molecule has 0 bridgehead atoms. The van der Waals surface area contributed by atoms with E-state index in [0.717, 1.165) is 29.8 Å². The molecule has 4 nitrogen and oxygen atoms in total. The zero-order chi connectivity index (χ0) is 18.3. The van der Waals surface area contributed by atoms with Crippen molar-refractivity contribution in [3.8, 4) is 0 Å². The molecule has 4 heteroatoms. The van der Waals surface area contributed by atoms with Crippen molar-refractivity contribution in [3.05, 3.63) is 59.2 Å². The number of carbonyl (C=O) groups is 1. The van der Waals surface area contributed by atoms with Gasteiger partial charge in [-0.15, -0.1) is 0 Å². The predicted octanol–water partition coefficient (Wildman–Crippen LogP) is 4.38. The van der Waals surface area contributed by atoms with Crippen molar-refractivity contribution >= 4 is 17.3 Å². The van der Waals surface area contributed by atoms with Gasteiger partial charge in [-0.2, -0.15) is 0 Å². The third kappa shape index (κ3) is 2.47. The summed E-state index contributed by atoms with van der Waals surface area (Å²) in [6.45, 7) is 6.48. The summed E-state index contributed by atoms with van der Waals surface area (Å²) >= 11 is 0. The van der Waals surface area contributed by atoms with Crippen LogP contribution >= 0.6 is 0 Å². The lowest BCUT2D eigenvalue weighted by Gasteiger charge is -2.57. The highest BCUT2D eigenvalue weighted by molar-refractivity contribution is 5.84. The molecule has 0 amide bonds. The standard InChI is InChI=1S/C22H26N2O2/c1-4-26-21(25)20-17-12-13-22(17,24-18-11-6-5-8-14(18)2)16-10-7-9-15(3)19(16)23-20/h5-11,17,20,23-24H,4,12-13H2,1-3H3/t17-,20-,22-/m1/s1. The fourth-order valence-electron chi connectivity index (χ4n) is 4.50. The summed E-state index contributed by atoms with van der Waals surface area (Å²) in [4.78, 5) is 12.7. The Hall–Kier alpha value is -2.49. The van der Waals surface area contributed by atoms with Crippen LogP contribution in [0.15, 0.2) is 42.5 Å². The normalized spacial score (nSPS) is 26.0. The average Bonchev–Trinajstić information content (AvgIpc) is 2.60. The molecule has 1 fully saturated rings. The smallest absolute Gasteiger partial charge is 0.328 e. The second-order valence-corrected chi connectivity index (χ2v) is 7.43. The van der Waals surface area contributed by atoms with Gasteiger partial charge in [0.1, 0.15) is 6.04 Å². The molecular weight excluding hydrogens is 324 g/mol. The SMILES string of the molecule is CCOC(=O)[C@@H]1Nc2c(C)cccc2[C@]2(Nc3ccccc3C)CC[C@H]12. The number of anilines is 2. The van der Waals surface area contributed by atoms with E-state index in [9.17, 15) is 4.79 Å². The molecule has 2 aromatic carbocycles. The minimum atomic E-state index is -0.311. The Bertz CT molecular complexity index is 848. The maximum absolute atomic E-state index is 12.7. The third-order valence-electron chi connectivity index (χ3n) is 5.98. The number of aryl methyl sites for hydroxylation is 2. The van der Waals surface area contributed by atoms with Gasteiger partial charge in [0.05, 0.1) is 12.1 Å². The Labute approximate surface area is 155 Å². The van der Waals surface area contributed by atoms with E-state index in [2.05, 4.69) is 66.9 Å². The Kier molecular flexibility index (Phi) is 4.14. The third-order valence-corrected chi connectivity index (χ3v) is 5.98. The highest BCUT2D eigenvalue weighted by Gasteiger charge is 2.57. The quantitative estimate of drug-likeness (QED) is 0.804. The van der Waals surface area contributed by atoms with Gasteiger partial charge in [-0.05, 0) is 50.8 Å². The van der Waals surface area contributed by atoms with E-state index >= 15 is 0 Å². The molecule has 1 aliphatic heterocycles. The summed E-state index contributed by atoms with van der Waals surface area (Å²) in [5.74, 6) is 0.0255. The molecule has 2 N–H and O–H groups in total. The first-order valence-corrected chi connectivity index (χ1v) is 9.44. The van der Waals surface area contributed by atoms with Crippen LogP contribution in [0, 0.1) is 19.8 Å². The average molecular weight is 350 g/mol. The number of ether oxygens (including phenoxy) is 1. The van der Waals surface area contributed by atoms with Gasteiger partial charge in [0.15, 0.2) is 0 Å². The van der Waals surface area contributed by atoms with Crippen LogP contribution in [0.25, 0.3) is 0 Å². The summed E-state index contributed by atoms with van der Waals surface area (Å²) < 4.78 is 5.38. The van der Waals surface area contributed by atoms with Crippen LogP contribution < -0.4 is 10.6 Å². The van der Waals surface area contributed by atoms with Gasteiger partial charge in [0.2, 0.25) is 0 Å². The van der Waals surface area contributed by atoms with Crippen LogP contribution in [-0.2, 0) is 15.1 Å². The van der Waals surface area contributed by atoms with Crippen molar-refractivity contribution in [2.45, 2.75) is 45.2 Å². The largest absolute Gasteiger partial charge is 0.464 e. The molecule has 4 rings (SSSR count). The molecule has 0 aromatic heterocycles. The fourth-order valence-corrected chi connectivity index (χ4v) is 4.50. The number of carbonyl (C=O) groups excluding carboxylic acids is 1. The lowest BCUT2D eigenvalue weighted by atomic mass is 9.57. The molecular formula is C22H26N2O2. The van der Waals surface area contributed by atoms with Crippen molar-refractivity contribution in [2.75, 3.05) is 17.2 Å².